The summed E-state index contributed by atoms with van der Waals surface area (Å²) in [4.78, 5) is 9.16. The van der Waals surface area contributed by atoms with Crippen LogP contribution >= 0.6 is 23.2 Å². The molecule has 4 heteroatoms. The lowest BCUT2D eigenvalue weighted by atomic mass is 10.1. The predicted molar refractivity (Wildman–Crippen MR) is 84.6 cm³/mol. The van der Waals surface area contributed by atoms with E-state index in [1.807, 2.05) is 42.5 Å². The highest BCUT2D eigenvalue weighted by Gasteiger charge is 2.10. The number of halogens is 2. The molecular weight excluding hydrogens is 291 g/mol. The summed E-state index contributed by atoms with van der Waals surface area (Å²) < 4.78 is 0. The molecule has 4 rings (SSSR count). The topological polar surface area (TPSA) is 25.8 Å². The molecule has 2 aromatic carbocycles. The zero-order valence-corrected chi connectivity index (χ0v) is 11.8. The molecule has 0 saturated carbocycles. The lowest BCUT2D eigenvalue weighted by Gasteiger charge is -2.07. The molecule has 2 aromatic heterocycles. The highest BCUT2D eigenvalue weighted by Crippen LogP contribution is 2.33. The van der Waals surface area contributed by atoms with Crippen molar-refractivity contribution in [2.24, 2.45) is 0 Å². The van der Waals surface area contributed by atoms with Crippen molar-refractivity contribution in [2.45, 2.75) is 0 Å². The second kappa shape index (κ2) is 4.30. The first-order valence-corrected chi connectivity index (χ1v) is 6.92. The van der Waals surface area contributed by atoms with Crippen molar-refractivity contribution in [3.63, 3.8) is 0 Å². The summed E-state index contributed by atoms with van der Waals surface area (Å²) in [7, 11) is 0. The fourth-order valence-corrected chi connectivity index (χ4v) is 2.92. The Morgan fingerprint density at radius 2 is 1.65 bits per heavy atom. The Bertz CT molecular complexity index is 980. The van der Waals surface area contributed by atoms with E-state index in [2.05, 4.69) is 4.98 Å². The van der Waals surface area contributed by atoms with Crippen molar-refractivity contribution in [1.82, 2.24) is 9.97 Å². The van der Waals surface area contributed by atoms with Gasteiger partial charge in [-0.15, -0.1) is 0 Å². The number of benzene rings is 2. The molecule has 0 N–H and O–H groups in total. The van der Waals surface area contributed by atoms with Crippen LogP contribution in [0.2, 0.25) is 10.0 Å². The Labute approximate surface area is 125 Å². The van der Waals surface area contributed by atoms with Gasteiger partial charge in [0.15, 0.2) is 0 Å². The highest BCUT2D eigenvalue weighted by molar-refractivity contribution is 6.41. The van der Waals surface area contributed by atoms with Gasteiger partial charge < -0.3 is 0 Å². The summed E-state index contributed by atoms with van der Waals surface area (Å²) in [5.41, 5.74) is 2.56. The minimum absolute atomic E-state index is 0.663. The van der Waals surface area contributed by atoms with Crippen LogP contribution in [0.5, 0.6) is 0 Å². The van der Waals surface area contributed by atoms with Crippen LogP contribution in [-0.4, -0.2) is 9.97 Å². The van der Waals surface area contributed by atoms with Gasteiger partial charge in [-0.25, -0.2) is 4.98 Å². The van der Waals surface area contributed by atoms with E-state index in [0.717, 1.165) is 32.7 Å². The van der Waals surface area contributed by atoms with Crippen LogP contribution in [0.4, 0.5) is 0 Å². The molecule has 96 valence electrons. The molecule has 0 radical (unpaired) electrons. The lowest BCUT2D eigenvalue weighted by molar-refractivity contribution is 1.42. The summed E-state index contributed by atoms with van der Waals surface area (Å²) in [6.07, 6.45) is 1.76. The van der Waals surface area contributed by atoms with Crippen LogP contribution in [0, 0.1) is 0 Å². The maximum atomic E-state index is 6.50. The number of aromatic nitrogens is 2. The molecule has 0 spiro atoms. The van der Waals surface area contributed by atoms with Crippen LogP contribution in [-0.2, 0) is 0 Å². The van der Waals surface area contributed by atoms with E-state index in [-0.39, 0.29) is 0 Å². The second-order valence-electron chi connectivity index (χ2n) is 4.62. The summed E-state index contributed by atoms with van der Waals surface area (Å²) >= 11 is 12.5. The quantitative estimate of drug-likeness (QED) is 0.327. The molecule has 0 aliphatic rings. The van der Waals surface area contributed by atoms with Gasteiger partial charge in [0.25, 0.3) is 0 Å². The molecule has 0 fully saturated rings. The molecule has 2 heterocycles. The smallest absolute Gasteiger partial charge is 0.0834 e. The molecule has 0 atom stereocenters. The highest BCUT2D eigenvalue weighted by atomic mass is 35.5. The van der Waals surface area contributed by atoms with Gasteiger partial charge in [0, 0.05) is 27.4 Å². The zero-order chi connectivity index (χ0) is 13.7. The minimum Gasteiger partial charge on any atom is -0.255 e. The van der Waals surface area contributed by atoms with Crippen LogP contribution in [0.15, 0.2) is 48.7 Å². The molecular formula is C16H8Cl2N2. The van der Waals surface area contributed by atoms with Crippen LogP contribution in [0.25, 0.3) is 32.7 Å². The molecule has 4 aromatic rings. The molecule has 0 amide bonds. The molecule has 20 heavy (non-hydrogen) atoms. The predicted octanol–water partition coefficient (Wildman–Crippen LogP) is 5.24. The average molecular weight is 299 g/mol. The summed E-state index contributed by atoms with van der Waals surface area (Å²) in [6, 6.07) is 13.5. The van der Waals surface area contributed by atoms with Gasteiger partial charge in [0.1, 0.15) is 0 Å². The van der Waals surface area contributed by atoms with Crippen molar-refractivity contribution >= 4 is 55.9 Å². The third kappa shape index (κ3) is 1.65. The van der Waals surface area contributed by atoms with Gasteiger partial charge in [-0.2, -0.15) is 0 Å². The Morgan fingerprint density at radius 1 is 0.800 bits per heavy atom. The summed E-state index contributed by atoms with van der Waals surface area (Å²) in [5, 5.41) is 4.11. The van der Waals surface area contributed by atoms with E-state index in [9.17, 15) is 0 Å². The lowest BCUT2D eigenvalue weighted by Crippen LogP contribution is -1.88. The average Bonchev–Trinajstić information content (AvgIpc) is 2.47. The first-order valence-electron chi connectivity index (χ1n) is 6.16. The number of rotatable bonds is 0. The number of hydrogen-bond acceptors (Lipinski definition) is 2. The first kappa shape index (κ1) is 11.9. The Morgan fingerprint density at radius 3 is 2.55 bits per heavy atom. The Balaban J connectivity index is 2.27. The normalized spacial score (nSPS) is 11.5. The van der Waals surface area contributed by atoms with Gasteiger partial charge in [-0.3, -0.25) is 4.98 Å². The second-order valence-corrected chi connectivity index (χ2v) is 5.44. The Hall–Kier alpha value is -1.90. The number of fused-ring (bicyclic) bond motifs is 4. The first-order chi connectivity index (χ1) is 9.74. The van der Waals surface area contributed by atoms with Crippen molar-refractivity contribution in [3.8, 4) is 0 Å². The summed E-state index contributed by atoms with van der Waals surface area (Å²) in [6.45, 7) is 0. The van der Waals surface area contributed by atoms with Gasteiger partial charge in [-0.1, -0.05) is 41.4 Å². The van der Waals surface area contributed by atoms with Crippen LogP contribution in [0.3, 0.4) is 0 Å². The van der Waals surface area contributed by atoms with Gasteiger partial charge in [0.2, 0.25) is 0 Å². The third-order valence-corrected chi connectivity index (χ3v) is 4.05. The van der Waals surface area contributed by atoms with Crippen molar-refractivity contribution in [3.05, 3.63) is 58.7 Å². The zero-order valence-electron chi connectivity index (χ0n) is 10.3. The molecule has 0 unspecified atom stereocenters. The van der Waals surface area contributed by atoms with E-state index < -0.39 is 0 Å². The van der Waals surface area contributed by atoms with Crippen LogP contribution in [0.1, 0.15) is 0 Å². The fraction of sp³-hybridized carbons (Fsp3) is 0. The molecule has 0 aliphatic carbocycles. The van der Waals surface area contributed by atoms with Gasteiger partial charge >= 0.3 is 0 Å². The number of para-hydroxylation sites is 1. The maximum Gasteiger partial charge on any atom is 0.0834 e. The van der Waals surface area contributed by atoms with Crippen LogP contribution < -0.4 is 0 Å². The maximum absolute atomic E-state index is 6.50. The fourth-order valence-electron chi connectivity index (χ4n) is 2.46. The molecule has 0 aliphatic heterocycles. The number of hydrogen-bond donors (Lipinski definition) is 0. The third-order valence-electron chi connectivity index (χ3n) is 3.41. The number of nitrogens with zero attached hydrogens (tertiary/aromatic N) is 2. The van der Waals surface area contributed by atoms with E-state index in [4.69, 9.17) is 28.2 Å². The van der Waals surface area contributed by atoms with E-state index in [1.165, 1.54) is 0 Å². The van der Waals surface area contributed by atoms with E-state index >= 15 is 0 Å². The van der Waals surface area contributed by atoms with Gasteiger partial charge in [0.05, 0.1) is 21.6 Å². The SMILES string of the molecule is Clc1ccc2c(c1)ncc1c(Cl)c3ccccc3nc12. The standard InChI is InChI=1S/C16H8Cl2N2/c17-9-5-6-11-14(7-9)19-8-12-15(18)10-3-1-2-4-13(10)20-16(11)12/h1-8H. The summed E-state index contributed by atoms with van der Waals surface area (Å²) in [5.74, 6) is 0. The molecule has 2 nitrogen and oxygen atoms in total. The molecule has 0 saturated heterocycles. The van der Waals surface area contributed by atoms with E-state index in [0.29, 0.717) is 10.0 Å². The monoisotopic (exact) mass is 298 g/mol. The Kier molecular flexibility index (Phi) is 2.56. The van der Waals surface area contributed by atoms with Crippen molar-refractivity contribution < 1.29 is 0 Å². The largest absolute Gasteiger partial charge is 0.255 e. The minimum atomic E-state index is 0.663. The number of pyridine rings is 2. The molecule has 0 bridgehead atoms. The van der Waals surface area contributed by atoms with Gasteiger partial charge in [-0.05, 0) is 24.3 Å². The van der Waals surface area contributed by atoms with Crippen molar-refractivity contribution in [1.29, 1.82) is 0 Å². The van der Waals surface area contributed by atoms with Crippen molar-refractivity contribution in [2.75, 3.05) is 0 Å². The van der Waals surface area contributed by atoms with E-state index in [1.54, 1.807) is 6.20 Å².